The smallest absolute Gasteiger partial charge is 0.339 e. The zero-order valence-corrected chi connectivity index (χ0v) is 16.6. The van der Waals surface area contributed by atoms with Crippen LogP contribution in [-0.2, 0) is 0 Å². The van der Waals surface area contributed by atoms with Crippen molar-refractivity contribution in [2.45, 2.75) is 0 Å². The quantitative estimate of drug-likeness (QED) is 0.409. The first-order valence-corrected chi connectivity index (χ1v) is 8.98. The van der Waals surface area contributed by atoms with E-state index >= 15 is 0 Å². The number of carboxylic acid groups (broad SMARTS) is 1. The summed E-state index contributed by atoms with van der Waals surface area (Å²) in [6.07, 6.45) is 0. The third-order valence-electron chi connectivity index (χ3n) is 4.50. The number of carbonyl (C=O) groups is 1. The second-order valence-electron chi connectivity index (χ2n) is 6.32. The van der Waals surface area contributed by atoms with E-state index in [1.54, 1.807) is 6.07 Å². The highest BCUT2D eigenvalue weighted by molar-refractivity contribution is 7.59. The molecule has 0 aliphatic carbocycles. The number of benzene rings is 4. The van der Waals surface area contributed by atoms with Gasteiger partial charge in [-0.25, -0.2) is 4.79 Å². The third kappa shape index (κ3) is 4.33. The molecule has 4 aromatic rings. The molecule has 0 saturated carbocycles. The molecule has 144 valence electrons. The Morgan fingerprint density at radius 1 is 0.655 bits per heavy atom. The molecule has 4 heteroatoms. The van der Waals surface area contributed by atoms with Crippen molar-refractivity contribution >= 4 is 19.5 Å². The number of para-hydroxylation sites is 1. The van der Waals surface area contributed by atoms with Gasteiger partial charge in [-0.15, -0.1) is 0 Å². The molecule has 0 amide bonds. The number of aromatic carboxylic acids is 1. The number of ether oxygens (including phenoxy) is 1. The molecular weight excluding hydrogens is 380 g/mol. The van der Waals surface area contributed by atoms with Crippen molar-refractivity contribution in [1.82, 2.24) is 0 Å². The van der Waals surface area contributed by atoms with Gasteiger partial charge in [0.2, 0.25) is 0 Å². The van der Waals surface area contributed by atoms with Crippen LogP contribution < -0.4 is 4.74 Å². The predicted molar refractivity (Wildman–Crippen MR) is 121 cm³/mol. The molecular formula is C25H20O3S. The van der Waals surface area contributed by atoms with Crippen LogP contribution in [0.4, 0.5) is 0 Å². The van der Waals surface area contributed by atoms with Crippen LogP contribution in [0.3, 0.4) is 0 Å². The van der Waals surface area contributed by atoms with Crippen LogP contribution in [0, 0.1) is 0 Å². The molecule has 0 aliphatic rings. The number of rotatable bonds is 5. The molecule has 1 N–H and O–H groups in total. The van der Waals surface area contributed by atoms with Crippen LogP contribution >= 0.6 is 13.5 Å². The van der Waals surface area contributed by atoms with Crippen molar-refractivity contribution in [3.8, 4) is 33.8 Å². The molecule has 0 radical (unpaired) electrons. The van der Waals surface area contributed by atoms with E-state index in [-0.39, 0.29) is 19.1 Å². The van der Waals surface area contributed by atoms with Crippen molar-refractivity contribution in [2.24, 2.45) is 0 Å². The molecule has 0 unspecified atom stereocenters. The molecule has 4 aromatic carbocycles. The Labute approximate surface area is 176 Å². The molecule has 0 aliphatic heterocycles. The van der Waals surface area contributed by atoms with Gasteiger partial charge in [-0.1, -0.05) is 84.9 Å². The lowest BCUT2D eigenvalue weighted by molar-refractivity contribution is 0.0694. The van der Waals surface area contributed by atoms with Crippen molar-refractivity contribution < 1.29 is 14.6 Å². The second-order valence-corrected chi connectivity index (χ2v) is 6.32. The molecule has 0 heterocycles. The summed E-state index contributed by atoms with van der Waals surface area (Å²) in [5, 5.41) is 9.80. The summed E-state index contributed by atoms with van der Waals surface area (Å²) in [5.41, 5.74) is 3.70. The summed E-state index contributed by atoms with van der Waals surface area (Å²) in [7, 11) is 0. The van der Waals surface area contributed by atoms with Gasteiger partial charge < -0.3 is 9.84 Å². The van der Waals surface area contributed by atoms with Crippen LogP contribution in [0.2, 0.25) is 0 Å². The first-order chi connectivity index (χ1) is 13.7. The van der Waals surface area contributed by atoms with E-state index in [1.165, 1.54) is 0 Å². The predicted octanol–water partition coefficient (Wildman–Crippen LogP) is 6.62. The molecule has 3 nitrogen and oxygen atoms in total. The summed E-state index contributed by atoms with van der Waals surface area (Å²) in [4.78, 5) is 12.0. The van der Waals surface area contributed by atoms with Gasteiger partial charge in [-0.3, -0.25) is 0 Å². The molecule has 0 bridgehead atoms. The zero-order valence-electron chi connectivity index (χ0n) is 15.6. The molecule has 0 saturated heterocycles. The highest BCUT2D eigenvalue weighted by atomic mass is 32.1. The summed E-state index contributed by atoms with van der Waals surface area (Å²) in [6.45, 7) is 0. The largest absolute Gasteiger partial charge is 0.478 e. The third-order valence-corrected chi connectivity index (χ3v) is 4.50. The monoisotopic (exact) mass is 400 g/mol. The number of hydrogen-bond acceptors (Lipinski definition) is 2. The normalized spacial score (nSPS) is 10.1. The van der Waals surface area contributed by atoms with E-state index in [9.17, 15) is 9.90 Å². The topological polar surface area (TPSA) is 46.5 Å². The number of carboxylic acids is 1. The van der Waals surface area contributed by atoms with E-state index in [1.807, 2.05) is 97.1 Å². The maximum atomic E-state index is 12.0. The average molecular weight is 400 g/mol. The fourth-order valence-electron chi connectivity index (χ4n) is 3.21. The Hall–Kier alpha value is -3.50. The van der Waals surface area contributed by atoms with Gasteiger partial charge in [-0.05, 0) is 34.9 Å². The van der Waals surface area contributed by atoms with Crippen LogP contribution in [0.1, 0.15) is 10.4 Å². The molecule has 4 rings (SSSR count). The maximum Gasteiger partial charge on any atom is 0.339 e. The summed E-state index contributed by atoms with van der Waals surface area (Å²) in [6, 6.07) is 32.3. The Morgan fingerprint density at radius 3 is 1.72 bits per heavy atom. The van der Waals surface area contributed by atoms with Gasteiger partial charge in [0.05, 0.1) is 0 Å². The van der Waals surface area contributed by atoms with Gasteiger partial charge in [0.15, 0.2) is 0 Å². The number of hydrogen-bond donors (Lipinski definition) is 1. The minimum atomic E-state index is -1.03. The minimum absolute atomic E-state index is 0. The first kappa shape index (κ1) is 20.2. The standard InChI is InChI=1S/C25H18O3.H2S/c26-25(27)22-17-16-21(18-10-4-1-5-11-18)23(19-12-6-2-7-13-19)24(22)28-20-14-8-3-9-15-20;/h1-17H,(H,26,27);1H2. The van der Waals surface area contributed by atoms with Crippen molar-refractivity contribution in [1.29, 1.82) is 0 Å². The van der Waals surface area contributed by atoms with Gasteiger partial charge in [0.1, 0.15) is 17.1 Å². The molecule has 29 heavy (non-hydrogen) atoms. The van der Waals surface area contributed by atoms with Crippen LogP contribution in [0.15, 0.2) is 103 Å². The summed E-state index contributed by atoms with van der Waals surface area (Å²) in [5.74, 6) is -0.0960. The van der Waals surface area contributed by atoms with Crippen LogP contribution in [-0.4, -0.2) is 11.1 Å². The molecule has 0 fully saturated rings. The molecule has 0 atom stereocenters. The van der Waals surface area contributed by atoms with E-state index in [2.05, 4.69) is 0 Å². The van der Waals surface area contributed by atoms with Gasteiger partial charge in [-0.2, -0.15) is 13.5 Å². The highest BCUT2D eigenvalue weighted by Crippen LogP contribution is 2.43. The molecule has 0 spiro atoms. The van der Waals surface area contributed by atoms with Crippen molar-refractivity contribution in [3.63, 3.8) is 0 Å². The fourth-order valence-corrected chi connectivity index (χ4v) is 3.21. The van der Waals surface area contributed by atoms with E-state index in [0.29, 0.717) is 11.5 Å². The van der Waals surface area contributed by atoms with Crippen LogP contribution in [0.5, 0.6) is 11.5 Å². The van der Waals surface area contributed by atoms with Gasteiger partial charge >= 0.3 is 5.97 Å². The molecule has 0 aromatic heterocycles. The zero-order chi connectivity index (χ0) is 19.3. The maximum absolute atomic E-state index is 12.0. The van der Waals surface area contributed by atoms with Gasteiger partial charge in [0, 0.05) is 5.56 Å². The Morgan fingerprint density at radius 2 is 1.17 bits per heavy atom. The lowest BCUT2D eigenvalue weighted by atomic mass is 9.91. The van der Waals surface area contributed by atoms with Crippen molar-refractivity contribution in [3.05, 3.63) is 109 Å². The second kappa shape index (κ2) is 9.13. The first-order valence-electron chi connectivity index (χ1n) is 8.98. The Kier molecular flexibility index (Phi) is 6.37. The van der Waals surface area contributed by atoms with Crippen molar-refractivity contribution in [2.75, 3.05) is 0 Å². The fraction of sp³-hybridized carbons (Fsp3) is 0. The highest BCUT2D eigenvalue weighted by Gasteiger charge is 2.22. The summed E-state index contributed by atoms with van der Waals surface area (Å²) >= 11 is 0. The average Bonchev–Trinajstić information content (AvgIpc) is 2.75. The van der Waals surface area contributed by atoms with E-state index in [4.69, 9.17) is 4.74 Å². The summed E-state index contributed by atoms with van der Waals surface area (Å²) < 4.78 is 6.14. The van der Waals surface area contributed by atoms with E-state index < -0.39 is 5.97 Å². The SMILES string of the molecule is O=C(O)c1ccc(-c2ccccc2)c(-c2ccccc2)c1Oc1ccccc1.S. The Balaban J connectivity index is 0.00000240. The van der Waals surface area contributed by atoms with Crippen LogP contribution in [0.25, 0.3) is 22.3 Å². The Bertz CT molecular complexity index is 1090. The lowest BCUT2D eigenvalue weighted by Crippen LogP contribution is -2.03. The van der Waals surface area contributed by atoms with E-state index in [0.717, 1.165) is 22.3 Å². The minimum Gasteiger partial charge on any atom is -0.478 e. The lowest BCUT2D eigenvalue weighted by Gasteiger charge is -2.18. The van der Waals surface area contributed by atoms with Gasteiger partial charge in [0.25, 0.3) is 0 Å².